The summed E-state index contributed by atoms with van der Waals surface area (Å²) in [5.41, 5.74) is 2.93. The van der Waals surface area contributed by atoms with Crippen molar-refractivity contribution in [2.24, 2.45) is 0 Å². The van der Waals surface area contributed by atoms with Crippen molar-refractivity contribution in [3.05, 3.63) is 51.3 Å². The minimum absolute atomic E-state index is 0.0260. The smallest absolute Gasteiger partial charge is 0.352 e. The standard InChI is InChI=1S/C18H15ClN2O5/c1-8-10(3-5-15(22)23)14(20-16(8)18(25)26)7-12-11-6-9(19)2-4-13(11)21-17(12)24/h2,4,6-7,20H,3,5H2,1H3,(H,21,24)(H,22,23)(H,25,26). The number of H-pyrrole nitrogens is 1. The van der Waals surface area contributed by atoms with Crippen LogP contribution >= 0.6 is 11.6 Å². The zero-order valence-corrected chi connectivity index (χ0v) is 14.5. The Hall–Kier alpha value is -3.06. The van der Waals surface area contributed by atoms with Crippen LogP contribution in [0.4, 0.5) is 5.69 Å². The van der Waals surface area contributed by atoms with Crippen molar-refractivity contribution in [3.8, 4) is 0 Å². The fourth-order valence-corrected chi connectivity index (χ4v) is 3.17. The number of carbonyl (C=O) groups excluding carboxylic acids is 1. The third kappa shape index (κ3) is 3.21. The highest BCUT2D eigenvalue weighted by atomic mass is 35.5. The number of fused-ring (bicyclic) bond motifs is 1. The summed E-state index contributed by atoms with van der Waals surface area (Å²) < 4.78 is 0. The molecule has 1 aromatic carbocycles. The first-order valence-corrected chi connectivity index (χ1v) is 8.15. The molecule has 2 heterocycles. The fraction of sp³-hybridized carbons (Fsp3) is 0.167. The molecule has 3 rings (SSSR count). The van der Waals surface area contributed by atoms with Crippen molar-refractivity contribution >= 4 is 46.8 Å². The summed E-state index contributed by atoms with van der Waals surface area (Å²) in [6.07, 6.45) is 1.53. The molecule has 1 amide bonds. The van der Waals surface area contributed by atoms with E-state index < -0.39 is 11.9 Å². The van der Waals surface area contributed by atoms with Crippen molar-refractivity contribution in [2.75, 3.05) is 5.32 Å². The zero-order valence-electron chi connectivity index (χ0n) is 13.7. The molecule has 134 valence electrons. The van der Waals surface area contributed by atoms with E-state index in [0.717, 1.165) is 0 Å². The number of carboxylic acids is 2. The van der Waals surface area contributed by atoms with Crippen LogP contribution in [0.5, 0.6) is 0 Å². The number of hydrogen-bond acceptors (Lipinski definition) is 3. The van der Waals surface area contributed by atoms with Crippen LogP contribution in [0.25, 0.3) is 11.6 Å². The van der Waals surface area contributed by atoms with Gasteiger partial charge in [-0.1, -0.05) is 11.6 Å². The Morgan fingerprint density at radius 2 is 2.00 bits per heavy atom. The Balaban J connectivity index is 2.12. The molecule has 0 fully saturated rings. The van der Waals surface area contributed by atoms with E-state index in [1.54, 1.807) is 25.1 Å². The van der Waals surface area contributed by atoms with Crippen LogP contribution < -0.4 is 5.32 Å². The summed E-state index contributed by atoms with van der Waals surface area (Å²) in [5.74, 6) is -2.48. The van der Waals surface area contributed by atoms with Gasteiger partial charge in [0.05, 0.1) is 5.57 Å². The highest BCUT2D eigenvalue weighted by molar-refractivity contribution is 6.36. The second kappa shape index (κ2) is 6.68. The first-order chi connectivity index (χ1) is 12.3. The monoisotopic (exact) mass is 374 g/mol. The lowest BCUT2D eigenvalue weighted by Gasteiger charge is -2.02. The number of carboxylic acid groups (broad SMARTS) is 2. The molecule has 0 bridgehead atoms. The Kier molecular flexibility index (Phi) is 4.56. The number of aromatic nitrogens is 1. The number of aromatic carboxylic acids is 1. The maximum absolute atomic E-state index is 12.3. The van der Waals surface area contributed by atoms with Gasteiger partial charge >= 0.3 is 11.9 Å². The maximum atomic E-state index is 12.3. The summed E-state index contributed by atoms with van der Waals surface area (Å²) in [6.45, 7) is 1.61. The maximum Gasteiger partial charge on any atom is 0.352 e. The van der Waals surface area contributed by atoms with Gasteiger partial charge in [-0.3, -0.25) is 9.59 Å². The Labute approximate surface area is 153 Å². The SMILES string of the molecule is Cc1c(C(=O)O)[nH]c(C=C2C(=O)Nc3ccc(Cl)cc32)c1CCC(=O)O. The molecule has 1 aliphatic rings. The molecule has 1 aromatic heterocycles. The topological polar surface area (TPSA) is 119 Å². The first-order valence-electron chi connectivity index (χ1n) is 7.77. The molecule has 2 aromatic rings. The van der Waals surface area contributed by atoms with Gasteiger partial charge in [0.15, 0.2) is 0 Å². The number of amides is 1. The van der Waals surface area contributed by atoms with Crippen LogP contribution in [0.1, 0.15) is 39.3 Å². The third-order valence-electron chi connectivity index (χ3n) is 4.27. The summed E-state index contributed by atoms with van der Waals surface area (Å²) in [5, 5.41) is 21.4. The lowest BCUT2D eigenvalue weighted by Crippen LogP contribution is -2.04. The highest BCUT2D eigenvalue weighted by Gasteiger charge is 2.26. The summed E-state index contributed by atoms with van der Waals surface area (Å²) in [4.78, 5) is 37.4. The predicted octanol–water partition coefficient (Wildman–Crippen LogP) is 3.18. The molecule has 0 saturated carbocycles. The molecule has 0 radical (unpaired) electrons. The number of hydrogen-bond donors (Lipinski definition) is 4. The first kappa shape index (κ1) is 17.8. The van der Waals surface area contributed by atoms with Gasteiger partial charge in [-0.15, -0.1) is 0 Å². The number of benzene rings is 1. The average molecular weight is 375 g/mol. The number of nitrogens with one attached hydrogen (secondary N) is 2. The van der Waals surface area contributed by atoms with Gasteiger partial charge in [0.2, 0.25) is 0 Å². The van der Waals surface area contributed by atoms with E-state index in [9.17, 15) is 19.5 Å². The molecule has 0 spiro atoms. The molecule has 1 aliphatic heterocycles. The van der Waals surface area contributed by atoms with E-state index in [0.29, 0.717) is 38.7 Å². The van der Waals surface area contributed by atoms with Gasteiger partial charge in [0.1, 0.15) is 5.69 Å². The minimum atomic E-state index is -1.15. The van der Waals surface area contributed by atoms with Gasteiger partial charge in [-0.05, 0) is 48.7 Å². The number of carbonyl (C=O) groups is 3. The third-order valence-corrected chi connectivity index (χ3v) is 4.50. The molecule has 7 nitrogen and oxygen atoms in total. The number of aliphatic carboxylic acids is 1. The van der Waals surface area contributed by atoms with E-state index in [1.165, 1.54) is 6.08 Å². The van der Waals surface area contributed by atoms with Gasteiger partial charge in [0.25, 0.3) is 5.91 Å². The zero-order chi connectivity index (χ0) is 19.0. The van der Waals surface area contributed by atoms with Crippen LogP contribution in [-0.2, 0) is 16.0 Å². The van der Waals surface area contributed by atoms with Gasteiger partial charge in [-0.25, -0.2) is 4.79 Å². The Bertz CT molecular complexity index is 974. The van der Waals surface area contributed by atoms with Crippen molar-refractivity contribution < 1.29 is 24.6 Å². The van der Waals surface area contributed by atoms with Crippen LogP contribution in [0.3, 0.4) is 0 Å². The van der Waals surface area contributed by atoms with Gasteiger partial charge in [0, 0.05) is 28.4 Å². The average Bonchev–Trinajstić information content (AvgIpc) is 3.03. The van der Waals surface area contributed by atoms with Crippen molar-refractivity contribution in [2.45, 2.75) is 19.8 Å². The predicted molar refractivity (Wildman–Crippen MR) is 96.4 cm³/mol. The number of aromatic amines is 1. The number of rotatable bonds is 5. The van der Waals surface area contributed by atoms with E-state index in [1.807, 2.05) is 0 Å². The summed E-state index contributed by atoms with van der Waals surface area (Å²) in [6, 6.07) is 4.99. The lowest BCUT2D eigenvalue weighted by atomic mass is 10.0. The molecule has 0 saturated heterocycles. The van der Waals surface area contributed by atoms with Crippen molar-refractivity contribution in [3.63, 3.8) is 0 Å². The van der Waals surface area contributed by atoms with Gasteiger partial charge < -0.3 is 20.5 Å². The van der Waals surface area contributed by atoms with Crippen molar-refractivity contribution in [1.82, 2.24) is 4.98 Å². The van der Waals surface area contributed by atoms with Crippen LogP contribution in [0.2, 0.25) is 5.02 Å². The van der Waals surface area contributed by atoms with Crippen molar-refractivity contribution in [1.29, 1.82) is 0 Å². The van der Waals surface area contributed by atoms with E-state index >= 15 is 0 Å². The molecule has 8 heteroatoms. The van der Waals surface area contributed by atoms with E-state index in [2.05, 4.69) is 10.3 Å². The molecule has 4 N–H and O–H groups in total. The molecule has 0 aliphatic carbocycles. The van der Waals surface area contributed by atoms with E-state index in [-0.39, 0.29) is 24.4 Å². The summed E-state index contributed by atoms with van der Waals surface area (Å²) >= 11 is 6.01. The van der Waals surface area contributed by atoms with Crippen LogP contribution in [-0.4, -0.2) is 33.0 Å². The largest absolute Gasteiger partial charge is 0.481 e. The highest BCUT2D eigenvalue weighted by Crippen LogP contribution is 2.35. The van der Waals surface area contributed by atoms with E-state index in [4.69, 9.17) is 16.7 Å². The normalized spacial score (nSPS) is 14.4. The van der Waals surface area contributed by atoms with Gasteiger partial charge in [-0.2, -0.15) is 0 Å². The van der Waals surface area contributed by atoms with Crippen LogP contribution in [0.15, 0.2) is 18.2 Å². The van der Waals surface area contributed by atoms with Crippen LogP contribution in [0, 0.1) is 6.92 Å². The molecule has 26 heavy (non-hydrogen) atoms. The summed E-state index contributed by atoms with van der Waals surface area (Å²) in [7, 11) is 0. The quantitative estimate of drug-likeness (QED) is 0.599. The second-order valence-electron chi connectivity index (χ2n) is 5.92. The molecular formula is C18H15ClN2O5. The minimum Gasteiger partial charge on any atom is -0.481 e. The molecular weight excluding hydrogens is 360 g/mol. The number of halogens is 1. The second-order valence-corrected chi connectivity index (χ2v) is 6.35. The molecule has 0 unspecified atom stereocenters. The molecule has 0 atom stereocenters. The Morgan fingerprint density at radius 3 is 2.65 bits per heavy atom. The fourth-order valence-electron chi connectivity index (χ4n) is 3.00. The lowest BCUT2D eigenvalue weighted by molar-refractivity contribution is -0.137. The Morgan fingerprint density at radius 1 is 1.27 bits per heavy atom. The number of anilines is 1.